The van der Waals surface area contributed by atoms with E-state index in [-0.39, 0.29) is 34.5 Å². The predicted octanol–water partition coefficient (Wildman–Crippen LogP) is 3.07. The number of carbonyl (C=O) groups excluding carboxylic acids is 1. The van der Waals surface area contributed by atoms with E-state index in [0.717, 1.165) is 6.08 Å². The summed E-state index contributed by atoms with van der Waals surface area (Å²) in [5.41, 5.74) is 5.78. The van der Waals surface area contributed by atoms with Gasteiger partial charge in [-0.2, -0.15) is 18.2 Å². The zero-order valence-corrected chi connectivity index (χ0v) is 21.3. The molecule has 1 aromatic carbocycles. The number of nitrogens with zero attached hydrogens (tertiary/aromatic N) is 4. The highest BCUT2D eigenvalue weighted by atomic mass is 19.4. The number of hydrogen-bond acceptors (Lipinski definition) is 11. The van der Waals surface area contributed by atoms with Gasteiger partial charge in [0.15, 0.2) is 5.82 Å². The fraction of sp³-hybridized carbons (Fsp3) is 0.250. The fourth-order valence-electron chi connectivity index (χ4n) is 3.81. The Kier molecular flexibility index (Phi) is 7.73. The molecule has 0 spiro atoms. The standard InChI is InChI=1S/C24H25F3N8O4/c1-12-5-19(24(25,26)27)34-35(12)20-18(13-6-17(21(36)33-28)22(39-4)29-10-13)11-30-23(32-20)31-14-7-15(37-2)9-16(8-14)38-3/h5-11,19,34H,28H2,1-4H3,(H,33,36)(H,30,31,32). The van der Waals surface area contributed by atoms with E-state index in [0.29, 0.717) is 22.7 Å². The van der Waals surface area contributed by atoms with E-state index in [1.165, 1.54) is 51.7 Å². The lowest BCUT2D eigenvalue weighted by Gasteiger charge is -2.25. The third kappa shape index (κ3) is 5.78. The van der Waals surface area contributed by atoms with Gasteiger partial charge in [-0.05, 0) is 19.1 Å². The van der Waals surface area contributed by atoms with Crippen LogP contribution in [0.2, 0.25) is 0 Å². The van der Waals surface area contributed by atoms with Crippen LogP contribution in [0.5, 0.6) is 17.4 Å². The molecule has 0 aliphatic carbocycles. The van der Waals surface area contributed by atoms with Crippen LogP contribution in [0.4, 0.5) is 30.6 Å². The van der Waals surface area contributed by atoms with Crippen molar-refractivity contribution < 1.29 is 32.2 Å². The van der Waals surface area contributed by atoms with E-state index in [1.54, 1.807) is 18.2 Å². The Balaban J connectivity index is 1.82. The zero-order valence-electron chi connectivity index (χ0n) is 21.3. The minimum Gasteiger partial charge on any atom is -0.497 e. The monoisotopic (exact) mass is 546 g/mol. The highest BCUT2D eigenvalue weighted by molar-refractivity contribution is 5.97. The van der Waals surface area contributed by atoms with Crippen molar-refractivity contribution >= 4 is 23.4 Å². The summed E-state index contributed by atoms with van der Waals surface area (Å²) in [7, 11) is 4.32. The molecule has 12 nitrogen and oxygen atoms in total. The van der Waals surface area contributed by atoms with E-state index >= 15 is 0 Å². The van der Waals surface area contributed by atoms with Crippen LogP contribution in [-0.4, -0.2) is 54.4 Å². The van der Waals surface area contributed by atoms with Gasteiger partial charge in [-0.25, -0.2) is 21.2 Å². The third-order valence-corrected chi connectivity index (χ3v) is 5.70. The first-order valence-corrected chi connectivity index (χ1v) is 11.3. The van der Waals surface area contributed by atoms with Gasteiger partial charge in [0.1, 0.15) is 23.1 Å². The lowest BCUT2D eigenvalue weighted by Crippen LogP contribution is -2.45. The van der Waals surface area contributed by atoms with E-state index < -0.39 is 18.1 Å². The lowest BCUT2D eigenvalue weighted by atomic mass is 10.1. The lowest BCUT2D eigenvalue weighted by molar-refractivity contribution is -0.142. The number of alkyl halides is 3. The number of aromatic nitrogens is 3. The van der Waals surface area contributed by atoms with Crippen molar-refractivity contribution in [3.63, 3.8) is 0 Å². The molecular weight excluding hydrogens is 521 g/mol. The Hall–Kier alpha value is -4.63. The minimum absolute atomic E-state index is 0.00179. The number of pyridine rings is 1. The second kappa shape index (κ2) is 11.0. The van der Waals surface area contributed by atoms with Crippen molar-refractivity contribution in [3.8, 4) is 28.5 Å². The van der Waals surface area contributed by atoms with Gasteiger partial charge in [0.25, 0.3) is 5.91 Å². The number of carbonyl (C=O) groups is 1. The van der Waals surface area contributed by atoms with E-state index in [2.05, 4.69) is 25.7 Å². The molecule has 1 atom stereocenters. The van der Waals surface area contributed by atoms with Gasteiger partial charge in [0, 0.05) is 53.1 Å². The molecule has 0 saturated carbocycles. The van der Waals surface area contributed by atoms with Crippen LogP contribution in [0.25, 0.3) is 11.1 Å². The largest absolute Gasteiger partial charge is 0.497 e. The average molecular weight is 547 g/mol. The van der Waals surface area contributed by atoms with Crippen LogP contribution in [0.1, 0.15) is 17.3 Å². The predicted molar refractivity (Wildman–Crippen MR) is 136 cm³/mol. The summed E-state index contributed by atoms with van der Waals surface area (Å²) < 4.78 is 56.3. The topological polar surface area (TPSA) is 149 Å². The van der Waals surface area contributed by atoms with Crippen molar-refractivity contribution in [2.75, 3.05) is 31.7 Å². The van der Waals surface area contributed by atoms with E-state index in [4.69, 9.17) is 20.1 Å². The van der Waals surface area contributed by atoms with Crippen LogP contribution in [0.3, 0.4) is 0 Å². The summed E-state index contributed by atoms with van der Waals surface area (Å²) in [5, 5.41) is 4.21. The summed E-state index contributed by atoms with van der Waals surface area (Å²) in [6, 6.07) is 4.50. The summed E-state index contributed by atoms with van der Waals surface area (Å²) in [6.45, 7) is 1.50. The number of amides is 1. The summed E-state index contributed by atoms with van der Waals surface area (Å²) in [4.78, 5) is 25.3. The van der Waals surface area contributed by atoms with Gasteiger partial charge in [-0.1, -0.05) is 0 Å². The van der Waals surface area contributed by atoms with Crippen LogP contribution in [0.15, 0.2) is 48.4 Å². The molecule has 1 unspecified atom stereocenters. The average Bonchev–Trinajstić information content (AvgIpc) is 3.34. The molecular formula is C24H25F3N8O4. The number of methoxy groups -OCH3 is 3. The molecule has 1 aliphatic heterocycles. The number of hydrogen-bond donors (Lipinski definition) is 4. The molecule has 4 rings (SSSR count). The molecule has 1 aliphatic rings. The number of nitrogens with one attached hydrogen (secondary N) is 3. The molecule has 15 heteroatoms. The van der Waals surface area contributed by atoms with Gasteiger partial charge in [0.2, 0.25) is 11.8 Å². The van der Waals surface area contributed by atoms with Crippen LogP contribution in [-0.2, 0) is 0 Å². The fourth-order valence-corrected chi connectivity index (χ4v) is 3.81. The molecule has 3 heterocycles. The Labute approximate surface area is 220 Å². The Morgan fingerprint density at radius 3 is 2.31 bits per heavy atom. The number of rotatable bonds is 8. The highest BCUT2D eigenvalue weighted by Gasteiger charge is 2.43. The maximum Gasteiger partial charge on any atom is 0.409 e. The Morgan fingerprint density at radius 2 is 1.74 bits per heavy atom. The van der Waals surface area contributed by atoms with Gasteiger partial charge in [0.05, 0.1) is 21.3 Å². The molecule has 1 amide bonds. The number of ether oxygens (including phenoxy) is 3. The smallest absolute Gasteiger partial charge is 0.409 e. The van der Waals surface area contributed by atoms with Crippen molar-refractivity contribution in [1.29, 1.82) is 0 Å². The van der Waals surface area contributed by atoms with Crippen molar-refractivity contribution in [2.45, 2.75) is 19.1 Å². The van der Waals surface area contributed by atoms with Crippen LogP contribution in [0, 0.1) is 0 Å². The number of nitrogens with two attached hydrogens (primary N) is 1. The van der Waals surface area contributed by atoms with Crippen LogP contribution < -0.4 is 41.2 Å². The number of allylic oxidation sites excluding steroid dienone is 1. The van der Waals surface area contributed by atoms with Gasteiger partial charge in [-0.3, -0.25) is 15.2 Å². The first-order valence-electron chi connectivity index (χ1n) is 11.3. The summed E-state index contributed by atoms with van der Waals surface area (Å²) in [5.74, 6) is 5.73. The first-order chi connectivity index (χ1) is 18.6. The maximum absolute atomic E-state index is 13.5. The molecule has 206 valence electrons. The Morgan fingerprint density at radius 1 is 1.05 bits per heavy atom. The quantitative estimate of drug-likeness (QED) is 0.188. The van der Waals surface area contributed by atoms with Crippen molar-refractivity contribution in [2.24, 2.45) is 5.84 Å². The third-order valence-electron chi connectivity index (χ3n) is 5.70. The molecule has 2 aromatic heterocycles. The summed E-state index contributed by atoms with van der Waals surface area (Å²) in [6.07, 6.45) is -0.739. The second-order valence-corrected chi connectivity index (χ2v) is 8.20. The summed E-state index contributed by atoms with van der Waals surface area (Å²) >= 11 is 0. The number of hydrazine groups is 2. The number of anilines is 3. The Bertz CT molecular complexity index is 1390. The number of halogens is 3. The highest BCUT2D eigenvalue weighted by Crippen LogP contribution is 2.36. The molecule has 0 bridgehead atoms. The molecule has 0 radical (unpaired) electrons. The molecule has 5 N–H and O–H groups in total. The van der Waals surface area contributed by atoms with Crippen molar-refractivity contribution in [1.82, 2.24) is 25.8 Å². The number of nitrogen functional groups attached to an aromatic ring is 1. The van der Waals surface area contributed by atoms with Crippen LogP contribution >= 0.6 is 0 Å². The second-order valence-electron chi connectivity index (χ2n) is 8.20. The molecule has 39 heavy (non-hydrogen) atoms. The molecule has 0 saturated heterocycles. The minimum atomic E-state index is -4.55. The first kappa shape index (κ1) is 27.4. The molecule has 0 fully saturated rings. The van der Waals surface area contributed by atoms with Crippen molar-refractivity contribution in [3.05, 3.63) is 54.0 Å². The van der Waals surface area contributed by atoms with E-state index in [1.807, 2.05) is 5.43 Å². The normalized spacial score (nSPS) is 15.0. The van der Waals surface area contributed by atoms with Gasteiger partial charge in [-0.15, -0.1) is 0 Å². The SMILES string of the molecule is COc1cc(Nc2ncc(-c3cnc(OC)c(C(=O)NN)c3)c(N3NC(C(F)(F)F)C=C3C)n2)cc(OC)c1. The van der Waals surface area contributed by atoms with Gasteiger partial charge >= 0.3 is 6.18 Å². The van der Waals surface area contributed by atoms with Gasteiger partial charge < -0.3 is 19.5 Å². The van der Waals surface area contributed by atoms with E-state index in [9.17, 15) is 18.0 Å². The number of benzene rings is 1. The maximum atomic E-state index is 13.5. The molecule has 3 aromatic rings. The zero-order chi connectivity index (χ0) is 28.3.